The summed E-state index contributed by atoms with van der Waals surface area (Å²) in [6, 6.07) is 78.4. The summed E-state index contributed by atoms with van der Waals surface area (Å²) in [6.45, 7) is 0. The summed E-state index contributed by atoms with van der Waals surface area (Å²) in [5.74, 6) is 0. The first-order chi connectivity index (χ1) is 28.2. The molecule has 0 atom stereocenters. The zero-order valence-corrected chi connectivity index (χ0v) is 31.2. The second kappa shape index (κ2) is 12.5. The van der Waals surface area contributed by atoms with Gasteiger partial charge < -0.3 is 4.90 Å². The molecule has 0 N–H and O–H groups in total. The van der Waals surface area contributed by atoms with Crippen LogP contribution in [0.2, 0.25) is 0 Å². The van der Waals surface area contributed by atoms with Gasteiger partial charge in [0, 0.05) is 16.8 Å². The number of benzene rings is 12. The predicted octanol–water partition coefficient (Wildman–Crippen LogP) is 16.0. The third-order valence-electron chi connectivity index (χ3n) is 12.1. The fraction of sp³-hybridized carbons (Fsp3) is 0. The first kappa shape index (κ1) is 31.8. The van der Waals surface area contributed by atoms with E-state index in [2.05, 4.69) is 217 Å². The SMILES string of the molecule is c1ccc(N(c2ccc3cc(-c4ccc5cc(-c6ccc7ccccc7c6)ccc5c4)ccc3c2)c2ccc3c4cccc5cccc(c6cccc2c63)c54)cc1. The quantitative estimate of drug-likeness (QED) is 0.126. The van der Waals surface area contributed by atoms with Crippen molar-refractivity contribution in [2.45, 2.75) is 0 Å². The van der Waals surface area contributed by atoms with Crippen LogP contribution >= 0.6 is 0 Å². The molecule has 12 aromatic rings. The van der Waals surface area contributed by atoms with Gasteiger partial charge in [-0.15, -0.1) is 0 Å². The molecule has 0 spiro atoms. The third kappa shape index (κ3) is 5.10. The number of hydrogen-bond donors (Lipinski definition) is 0. The van der Waals surface area contributed by atoms with Gasteiger partial charge in [-0.2, -0.15) is 0 Å². The Morgan fingerprint density at radius 2 is 0.667 bits per heavy atom. The van der Waals surface area contributed by atoms with Crippen molar-refractivity contribution in [3.05, 3.63) is 212 Å². The highest BCUT2D eigenvalue weighted by Gasteiger charge is 2.20. The first-order valence-electron chi connectivity index (χ1n) is 19.7. The Labute approximate surface area is 330 Å². The van der Waals surface area contributed by atoms with E-state index in [-0.39, 0.29) is 0 Å². The molecule has 0 aliphatic heterocycles. The monoisotopic (exact) mass is 721 g/mol. The second-order valence-electron chi connectivity index (χ2n) is 15.3. The van der Waals surface area contributed by atoms with Crippen molar-refractivity contribution in [3.8, 4) is 22.3 Å². The highest BCUT2D eigenvalue weighted by Crippen LogP contribution is 2.46. The lowest BCUT2D eigenvalue weighted by Crippen LogP contribution is -2.10. The highest BCUT2D eigenvalue weighted by molar-refractivity contribution is 6.34. The number of anilines is 3. The predicted molar refractivity (Wildman–Crippen MR) is 246 cm³/mol. The minimum Gasteiger partial charge on any atom is -0.310 e. The van der Waals surface area contributed by atoms with E-state index in [0.717, 1.165) is 11.4 Å². The van der Waals surface area contributed by atoms with E-state index in [1.54, 1.807) is 0 Å². The molecular weight excluding hydrogens is 687 g/mol. The zero-order chi connectivity index (χ0) is 37.5. The Morgan fingerprint density at radius 1 is 0.228 bits per heavy atom. The van der Waals surface area contributed by atoms with Crippen LogP contribution in [-0.2, 0) is 0 Å². The molecule has 0 aliphatic rings. The molecule has 0 aromatic heterocycles. The van der Waals surface area contributed by atoms with Crippen LogP contribution in [0.1, 0.15) is 0 Å². The molecule has 0 saturated carbocycles. The van der Waals surface area contributed by atoms with Crippen LogP contribution in [0.25, 0.3) is 97.7 Å². The number of hydrogen-bond acceptors (Lipinski definition) is 1. The molecule has 12 aromatic carbocycles. The maximum absolute atomic E-state index is 2.42. The van der Waals surface area contributed by atoms with Gasteiger partial charge in [0.1, 0.15) is 0 Å². The fourth-order valence-electron chi connectivity index (χ4n) is 9.35. The van der Waals surface area contributed by atoms with Crippen LogP contribution in [0.3, 0.4) is 0 Å². The highest BCUT2D eigenvalue weighted by atomic mass is 15.1. The second-order valence-corrected chi connectivity index (χ2v) is 15.3. The van der Waals surface area contributed by atoms with Crippen LogP contribution in [0, 0.1) is 0 Å². The number of rotatable bonds is 5. The molecule has 0 amide bonds. The maximum atomic E-state index is 2.42. The molecule has 12 rings (SSSR count). The van der Waals surface area contributed by atoms with E-state index in [1.807, 2.05) is 0 Å². The Morgan fingerprint density at radius 3 is 1.30 bits per heavy atom. The summed E-state index contributed by atoms with van der Waals surface area (Å²) < 4.78 is 0. The van der Waals surface area contributed by atoms with Crippen molar-refractivity contribution in [2.24, 2.45) is 0 Å². The molecule has 0 aliphatic carbocycles. The molecule has 1 nitrogen and oxygen atoms in total. The number of nitrogens with zero attached hydrogens (tertiary/aromatic N) is 1. The van der Waals surface area contributed by atoms with E-state index >= 15 is 0 Å². The third-order valence-corrected chi connectivity index (χ3v) is 12.1. The van der Waals surface area contributed by atoms with Gasteiger partial charge in [0.2, 0.25) is 0 Å². The summed E-state index contributed by atoms with van der Waals surface area (Å²) in [4.78, 5) is 2.42. The minimum absolute atomic E-state index is 1.13. The first-order valence-corrected chi connectivity index (χ1v) is 19.7. The molecule has 0 fully saturated rings. The van der Waals surface area contributed by atoms with E-state index in [0.29, 0.717) is 0 Å². The average molecular weight is 722 g/mol. The molecule has 1 heteroatoms. The largest absolute Gasteiger partial charge is 0.310 e. The smallest absolute Gasteiger partial charge is 0.0540 e. The van der Waals surface area contributed by atoms with Gasteiger partial charge in [-0.1, -0.05) is 158 Å². The van der Waals surface area contributed by atoms with Crippen LogP contribution in [0.4, 0.5) is 17.1 Å². The van der Waals surface area contributed by atoms with Crippen molar-refractivity contribution in [2.75, 3.05) is 4.90 Å². The van der Waals surface area contributed by atoms with Crippen molar-refractivity contribution in [3.63, 3.8) is 0 Å². The van der Waals surface area contributed by atoms with E-state index in [1.165, 1.54) is 103 Å². The van der Waals surface area contributed by atoms with Gasteiger partial charge in [-0.05, 0) is 147 Å². The standard InChI is InChI=1S/C56H35N/c1-2-13-47(14-3-1)57(54-30-29-52-50-16-7-12-37-11-6-15-49(55(37)50)51-17-8-18-53(54)56(51)52)48-28-27-45-34-44(25-26-46(45)35-48)43-24-23-41-32-40(21-22-42(41)33-43)39-20-19-36-9-4-5-10-38(36)31-39/h1-35H. The maximum Gasteiger partial charge on any atom is 0.0540 e. The molecule has 0 bridgehead atoms. The number of fused-ring (bicyclic) bond motifs is 5. The van der Waals surface area contributed by atoms with Crippen molar-refractivity contribution >= 4 is 92.5 Å². The lowest BCUT2D eigenvalue weighted by Gasteiger charge is -2.28. The van der Waals surface area contributed by atoms with Gasteiger partial charge in [0.15, 0.2) is 0 Å². The van der Waals surface area contributed by atoms with Gasteiger partial charge in [-0.3, -0.25) is 0 Å². The summed E-state index contributed by atoms with van der Waals surface area (Å²) in [7, 11) is 0. The van der Waals surface area contributed by atoms with Crippen LogP contribution in [0.5, 0.6) is 0 Å². The molecule has 0 radical (unpaired) electrons. The summed E-state index contributed by atoms with van der Waals surface area (Å²) in [5.41, 5.74) is 8.35. The molecule has 0 unspecified atom stereocenters. The van der Waals surface area contributed by atoms with Crippen LogP contribution in [0.15, 0.2) is 212 Å². The summed E-state index contributed by atoms with van der Waals surface area (Å²) in [6.07, 6.45) is 0. The minimum atomic E-state index is 1.13. The molecule has 0 saturated heterocycles. The summed E-state index contributed by atoms with van der Waals surface area (Å²) >= 11 is 0. The van der Waals surface area contributed by atoms with Gasteiger partial charge in [0.25, 0.3) is 0 Å². The fourth-order valence-corrected chi connectivity index (χ4v) is 9.35. The Bertz CT molecular complexity index is 3480. The van der Waals surface area contributed by atoms with Gasteiger partial charge in [0.05, 0.1) is 5.69 Å². The van der Waals surface area contributed by atoms with Crippen molar-refractivity contribution in [1.29, 1.82) is 0 Å². The lowest BCUT2D eigenvalue weighted by molar-refractivity contribution is 1.31. The van der Waals surface area contributed by atoms with Crippen molar-refractivity contribution < 1.29 is 0 Å². The molecule has 264 valence electrons. The van der Waals surface area contributed by atoms with E-state index in [4.69, 9.17) is 0 Å². The summed E-state index contributed by atoms with van der Waals surface area (Å²) in [5, 5.41) is 17.9. The van der Waals surface area contributed by atoms with E-state index in [9.17, 15) is 0 Å². The van der Waals surface area contributed by atoms with Crippen molar-refractivity contribution in [1.82, 2.24) is 0 Å². The Kier molecular flexibility index (Phi) is 7.00. The molecular formula is C56H35N. The Hall–Kier alpha value is -7.48. The molecule has 0 heterocycles. The Balaban J connectivity index is 0.941. The van der Waals surface area contributed by atoms with Gasteiger partial charge in [-0.25, -0.2) is 0 Å². The zero-order valence-electron chi connectivity index (χ0n) is 31.2. The van der Waals surface area contributed by atoms with E-state index < -0.39 is 0 Å². The topological polar surface area (TPSA) is 3.24 Å². The average Bonchev–Trinajstić information content (AvgIpc) is 3.28. The van der Waals surface area contributed by atoms with Gasteiger partial charge >= 0.3 is 0 Å². The lowest BCUT2D eigenvalue weighted by atomic mass is 9.89. The number of para-hydroxylation sites is 1. The van der Waals surface area contributed by atoms with Crippen LogP contribution in [-0.4, -0.2) is 0 Å². The molecule has 57 heavy (non-hydrogen) atoms. The van der Waals surface area contributed by atoms with Crippen LogP contribution < -0.4 is 4.90 Å². The normalized spacial score (nSPS) is 11.9.